The number of carbonyl (C=O) groups excluding carboxylic acids is 1. The Morgan fingerprint density at radius 1 is 1.22 bits per heavy atom. The van der Waals surface area contributed by atoms with Gasteiger partial charge in [-0.25, -0.2) is 9.97 Å². The van der Waals surface area contributed by atoms with Crippen LogP contribution in [-0.2, 0) is 0 Å². The molecular weight excluding hydrogens is 294 g/mol. The molecule has 0 atom stereocenters. The van der Waals surface area contributed by atoms with Crippen LogP contribution in [0.5, 0.6) is 11.5 Å². The van der Waals surface area contributed by atoms with Crippen molar-refractivity contribution in [2.45, 2.75) is 25.7 Å². The molecule has 2 aromatic rings. The van der Waals surface area contributed by atoms with Crippen molar-refractivity contribution in [1.82, 2.24) is 9.97 Å². The number of aromatic nitrogens is 2. The maximum Gasteiger partial charge on any atom is 0.259 e. The quantitative estimate of drug-likeness (QED) is 0.918. The molecule has 1 saturated carbocycles. The number of hydrogen-bond acceptors (Lipinski definition) is 5. The molecule has 1 fully saturated rings. The van der Waals surface area contributed by atoms with E-state index in [1.165, 1.54) is 0 Å². The zero-order valence-electron chi connectivity index (χ0n) is 13.4. The highest BCUT2D eigenvalue weighted by Crippen LogP contribution is 2.38. The first-order valence-electron chi connectivity index (χ1n) is 7.49. The summed E-state index contributed by atoms with van der Waals surface area (Å²) in [4.78, 5) is 21.2. The number of nitrogens with zero attached hydrogens (tertiary/aromatic N) is 2. The van der Waals surface area contributed by atoms with Crippen LogP contribution in [0, 0.1) is 6.92 Å². The maximum absolute atomic E-state index is 12.4. The summed E-state index contributed by atoms with van der Waals surface area (Å²) in [5, 5.41) is 2.83. The molecule has 120 valence electrons. The van der Waals surface area contributed by atoms with E-state index in [1.807, 2.05) is 6.92 Å². The van der Waals surface area contributed by atoms with Gasteiger partial charge in [-0.15, -0.1) is 0 Å². The number of methoxy groups -OCH3 is 2. The predicted octanol–water partition coefficient (Wildman–Crippen LogP) is 2.93. The van der Waals surface area contributed by atoms with E-state index in [2.05, 4.69) is 15.3 Å². The summed E-state index contributed by atoms with van der Waals surface area (Å²) in [6.07, 6.45) is 3.87. The van der Waals surface area contributed by atoms with Crippen molar-refractivity contribution >= 4 is 11.6 Å². The number of benzene rings is 1. The molecule has 6 nitrogen and oxygen atoms in total. The molecule has 1 N–H and O–H groups in total. The van der Waals surface area contributed by atoms with Gasteiger partial charge in [0.2, 0.25) is 0 Å². The van der Waals surface area contributed by atoms with Gasteiger partial charge in [-0.3, -0.25) is 4.79 Å². The van der Waals surface area contributed by atoms with Crippen molar-refractivity contribution in [3.63, 3.8) is 0 Å². The number of amides is 1. The van der Waals surface area contributed by atoms with Gasteiger partial charge >= 0.3 is 0 Å². The predicted molar refractivity (Wildman–Crippen MR) is 86.2 cm³/mol. The van der Waals surface area contributed by atoms with E-state index in [-0.39, 0.29) is 5.91 Å². The molecule has 1 amide bonds. The third kappa shape index (κ3) is 3.26. The van der Waals surface area contributed by atoms with Crippen LogP contribution in [0.3, 0.4) is 0 Å². The first-order chi connectivity index (χ1) is 11.1. The lowest BCUT2D eigenvalue weighted by Crippen LogP contribution is -2.15. The third-order valence-electron chi connectivity index (χ3n) is 3.83. The second-order valence-corrected chi connectivity index (χ2v) is 5.53. The second-order valence-electron chi connectivity index (χ2n) is 5.53. The average Bonchev–Trinajstić information content (AvgIpc) is 3.39. The number of carbonyl (C=O) groups is 1. The lowest BCUT2D eigenvalue weighted by Gasteiger charge is -2.11. The first kappa shape index (κ1) is 15.3. The summed E-state index contributed by atoms with van der Waals surface area (Å²) >= 11 is 0. The van der Waals surface area contributed by atoms with Crippen LogP contribution in [0.1, 0.15) is 40.6 Å². The summed E-state index contributed by atoms with van der Waals surface area (Å²) in [5.41, 5.74) is 1.79. The molecule has 1 aromatic carbocycles. The minimum atomic E-state index is -0.239. The molecule has 0 bridgehead atoms. The molecule has 0 spiro atoms. The van der Waals surface area contributed by atoms with Crippen molar-refractivity contribution in [1.29, 1.82) is 0 Å². The summed E-state index contributed by atoms with van der Waals surface area (Å²) in [5.74, 6) is 2.24. The van der Waals surface area contributed by atoms with E-state index in [0.29, 0.717) is 34.4 Å². The highest BCUT2D eigenvalue weighted by atomic mass is 16.5. The third-order valence-corrected chi connectivity index (χ3v) is 3.83. The molecule has 0 unspecified atom stereocenters. The number of ether oxygens (including phenoxy) is 2. The van der Waals surface area contributed by atoms with Crippen molar-refractivity contribution in [2.75, 3.05) is 19.5 Å². The van der Waals surface area contributed by atoms with Crippen LogP contribution in [0.2, 0.25) is 0 Å². The van der Waals surface area contributed by atoms with Crippen LogP contribution >= 0.6 is 0 Å². The van der Waals surface area contributed by atoms with Crippen molar-refractivity contribution in [3.05, 3.63) is 41.5 Å². The number of aryl methyl sites for hydroxylation is 1. The highest BCUT2D eigenvalue weighted by molar-refractivity contribution is 6.04. The van der Waals surface area contributed by atoms with Gasteiger partial charge in [-0.1, -0.05) is 0 Å². The molecular formula is C17H19N3O3. The van der Waals surface area contributed by atoms with Gasteiger partial charge in [0.15, 0.2) is 11.5 Å². The smallest absolute Gasteiger partial charge is 0.259 e. The monoisotopic (exact) mass is 313 g/mol. The van der Waals surface area contributed by atoms with Gasteiger partial charge in [-0.05, 0) is 31.9 Å². The first-order valence-corrected chi connectivity index (χ1v) is 7.49. The molecule has 1 aliphatic carbocycles. The Morgan fingerprint density at radius 2 is 1.96 bits per heavy atom. The minimum absolute atomic E-state index is 0.239. The van der Waals surface area contributed by atoms with E-state index in [9.17, 15) is 4.79 Å². The van der Waals surface area contributed by atoms with Crippen molar-refractivity contribution in [2.24, 2.45) is 0 Å². The molecule has 0 radical (unpaired) electrons. The number of hydrogen-bond donors (Lipinski definition) is 1. The zero-order valence-corrected chi connectivity index (χ0v) is 13.4. The Kier molecular flexibility index (Phi) is 4.14. The fourth-order valence-corrected chi connectivity index (χ4v) is 2.36. The maximum atomic E-state index is 12.4. The van der Waals surface area contributed by atoms with Crippen LogP contribution in [0.25, 0.3) is 0 Å². The van der Waals surface area contributed by atoms with Gasteiger partial charge in [0.25, 0.3) is 5.91 Å². The van der Waals surface area contributed by atoms with E-state index < -0.39 is 0 Å². The Balaban J connectivity index is 1.78. The van der Waals surface area contributed by atoms with Gasteiger partial charge in [0, 0.05) is 23.9 Å². The SMILES string of the molecule is COc1ccc(NC(=O)c2cnc(C3CC3)nc2C)cc1OC. The van der Waals surface area contributed by atoms with Crippen LogP contribution < -0.4 is 14.8 Å². The van der Waals surface area contributed by atoms with Gasteiger partial charge in [0.1, 0.15) is 5.82 Å². The van der Waals surface area contributed by atoms with Crippen LogP contribution in [-0.4, -0.2) is 30.1 Å². The molecule has 1 heterocycles. The lowest BCUT2D eigenvalue weighted by molar-refractivity contribution is 0.102. The van der Waals surface area contributed by atoms with Gasteiger partial charge in [0.05, 0.1) is 25.5 Å². The molecule has 6 heteroatoms. The number of rotatable bonds is 5. The largest absolute Gasteiger partial charge is 0.493 e. The molecule has 23 heavy (non-hydrogen) atoms. The Morgan fingerprint density at radius 3 is 2.57 bits per heavy atom. The average molecular weight is 313 g/mol. The Hall–Kier alpha value is -2.63. The summed E-state index contributed by atoms with van der Waals surface area (Å²) in [6, 6.07) is 5.22. The fraction of sp³-hybridized carbons (Fsp3) is 0.353. The molecule has 0 saturated heterocycles. The zero-order chi connectivity index (χ0) is 16.4. The molecule has 3 rings (SSSR count). The Bertz CT molecular complexity index is 742. The lowest BCUT2D eigenvalue weighted by atomic mass is 10.2. The highest BCUT2D eigenvalue weighted by Gasteiger charge is 2.27. The van der Waals surface area contributed by atoms with E-state index in [1.54, 1.807) is 38.6 Å². The second kappa shape index (κ2) is 6.24. The van der Waals surface area contributed by atoms with Gasteiger partial charge in [-0.2, -0.15) is 0 Å². The van der Waals surface area contributed by atoms with E-state index >= 15 is 0 Å². The Labute approximate surface area is 134 Å². The molecule has 1 aromatic heterocycles. The van der Waals surface area contributed by atoms with E-state index in [0.717, 1.165) is 18.7 Å². The standard InChI is InChI=1S/C17H19N3O3/c1-10-13(9-18-16(19-10)11-4-5-11)17(21)20-12-6-7-14(22-2)15(8-12)23-3/h6-9,11H,4-5H2,1-3H3,(H,20,21). The van der Waals surface area contributed by atoms with Crippen molar-refractivity contribution in [3.8, 4) is 11.5 Å². The number of nitrogens with one attached hydrogen (secondary N) is 1. The molecule has 0 aliphatic heterocycles. The topological polar surface area (TPSA) is 73.3 Å². The summed E-state index contributed by atoms with van der Waals surface area (Å²) in [6.45, 7) is 1.83. The number of anilines is 1. The normalized spacial score (nSPS) is 13.5. The van der Waals surface area contributed by atoms with Crippen LogP contribution in [0.15, 0.2) is 24.4 Å². The molecule has 1 aliphatic rings. The van der Waals surface area contributed by atoms with Crippen LogP contribution in [0.4, 0.5) is 5.69 Å². The minimum Gasteiger partial charge on any atom is -0.493 e. The van der Waals surface area contributed by atoms with Gasteiger partial charge < -0.3 is 14.8 Å². The fourth-order valence-electron chi connectivity index (χ4n) is 2.36. The summed E-state index contributed by atoms with van der Waals surface area (Å²) < 4.78 is 10.4. The van der Waals surface area contributed by atoms with Crippen molar-refractivity contribution < 1.29 is 14.3 Å². The van der Waals surface area contributed by atoms with E-state index in [4.69, 9.17) is 9.47 Å². The summed E-state index contributed by atoms with van der Waals surface area (Å²) in [7, 11) is 3.12.